The fraction of sp³-hybridized carbons (Fsp3) is 0.462. The molecule has 0 amide bonds. The summed E-state index contributed by atoms with van der Waals surface area (Å²) in [6, 6.07) is 10.2. The molecule has 0 saturated carbocycles. The van der Waals surface area contributed by atoms with Gasteiger partial charge in [0.05, 0.1) is 13.2 Å². The van der Waals surface area contributed by atoms with E-state index in [0.29, 0.717) is 5.25 Å². The molecule has 1 aliphatic rings. The Morgan fingerprint density at radius 3 is 2.65 bits per heavy atom. The molecule has 1 saturated heterocycles. The molecule has 1 aliphatic heterocycles. The van der Waals surface area contributed by atoms with Gasteiger partial charge < -0.3 is 10.1 Å². The highest BCUT2D eigenvalue weighted by Crippen LogP contribution is 2.37. The van der Waals surface area contributed by atoms with Crippen LogP contribution in [-0.4, -0.2) is 23.7 Å². The van der Waals surface area contributed by atoms with E-state index in [1.807, 2.05) is 36.0 Å². The van der Waals surface area contributed by atoms with Gasteiger partial charge in [0.2, 0.25) is 0 Å². The molecule has 0 bridgehead atoms. The van der Waals surface area contributed by atoms with Crippen LogP contribution >= 0.6 is 11.8 Å². The van der Waals surface area contributed by atoms with Gasteiger partial charge in [-0.15, -0.1) is 0 Å². The molecule has 90 valence electrons. The molecule has 2 unspecified atom stereocenters. The van der Waals surface area contributed by atoms with Crippen molar-refractivity contribution in [3.8, 4) is 11.8 Å². The number of ether oxygens (including phenoxy) is 1. The molecular weight excluding hydrogens is 232 g/mol. The summed E-state index contributed by atoms with van der Waals surface area (Å²) in [7, 11) is 1.65. The van der Waals surface area contributed by atoms with Gasteiger partial charge in [-0.2, -0.15) is 17.0 Å². The number of anilines is 1. The zero-order chi connectivity index (χ0) is 12.3. The maximum absolute atomic E-state index is 9.40. The molecule has 17 heavy (non-hydrogen) atoms. The van der Waals surface area contributed by atoms with Crippen LogP contribution in [0, 0.1) is 11.3 Å². The van der Waals surface area contributed by atoms with Gasteiger partial charge in [0.15, 0.2) is 0 Å². The van der Waals surface area contributed by atoms with Crippen molar-refractivity contribution in [1.29, 1.82) is 5.26 Å². The Morgan fingerprint density at radius 1 is 1.47 bits per heavy atom. The molecule has 4 heteroatoms. The molecule has 1 aromatic carbocycles. The molecule has 0 spiro atoms. The Balaban J connectivity index is 2.16. The molecule has 1 N–H and O–H groups in total. The van der Waals surface area contributed by atoms with Crippen LogP contribution < -0.4 is 10.1 Å². The van der Waals surface area contributed by atoms with Gasteiger partial charge in [-0.1, -0.05) is 0 Å². The van der Waals surface area contributed by atoms with Gasteiger partial charge in [0.1, 0.15) is 11.3 Å². The number of nitrogens with zero attached hydrogens (tertiary/aromatic N) is 1. The van der Waals surface area contributed by atoms with E-state index in [0.717, 1.165) is 23.6 Å². The SMILES string of the molecule is COc1ccc(NC2(C#N)CCSC2C)cc1. The standard InChI is InChI=1S/C13H16N2OS/c1-10-13(9-14,7-8-17-10)15-11-3-5-12(16-2)6-4-11/h3-6,10,15H,7-8H2,1-2H3. The van der Waals surface area contributed by atoms with E-state index < -0.39 is 5.54 Å². The number of thioether (sulfide) groups is 1. The summed E-state index contributed by atoms with van der Waals surface area (Å²) < 4.78 is 5.11. The van der Waals surface area contributed by atoms with Crippen molar-refractivity contribution in [3.05, 3.63) is 24.3 Å². The van der Waals surface area contributed by atoms with E-state index in [4.69, 9.17) is 4.74 Å². The minimum absolute atomic E-state index is 0.314. The van der Waals surface area contributed by atoms with Crippen LogP contribution in [0.5, 0.6) is 5.75 Å². The Hall–Kier alpha value is -1.34. The average Bonchev–Trinajstić information content (AvgIpc) is 2.72. The molecule has 2 atom stereocenters. The third-order valence-electron chi connectivity index (χ3n) is 3.22. The Kier molecular flexibility index (Phi) is 3.49. The van der Waals surface area contributed by atoms with Gasteiger partial charge >= 0.3 is 0 Å². The van der Waals surface area contributed by atoms with E-state index in [1.54, 1.807) is 7.11 Å². The predicted octanol–water partition coefficient (Wildman–Crippen LogP) is 2.89. The minimum Gasteiger partial charge on any atom is -0.497 e. The number of methoxy groups -OCH3 is 1. The highest BCUT2D eigenvalue weighted by Gasteiger charge is 2.41. The first-order chi connectivity index (χ1) is 8.20. The largest absolute Gasteiger partial charge is 0.497 e. The zero-order valence-corrected chi connectivity index (χ0v) is 10.9. The van der Waals surface area contributed by atoms with Crippen molar-refractivity contribution in [2.75, 3.05) is 18.2 Å². The van der Waals surface area contributed by atoms with E-state index >= 15 is 0 Å². The Labute approximate surface area is 106 Å². The first-order valence-corrected chi connectivity index (χ1v) is 6.70. The molecule has 0 radical (unpaired) electrons. The average molecular weight is 248 g/mol. The lowest BCUT2D eigenvalue weighted by Crippen LogP contribution is -2.41. The topological polar surface area (TPSA) is 45.0 Å². The smallest absolute Gasteiger partial charge is 0.137 e. The zero-order valence-electron chi connectivity index (χ0n) is 10.1. The van der Waals surface area contributed by atoms with E-state index in [-0.39, 0.29) is 0 Å². The van der Waals surface area contributed by atoms with Crippen LogP contribution in [0.1, 0.15) is 13.3 Å². The third kappa shape index (κ3) is 2.34. The second-order valence-corrected chi connectivity index (χ2v) is 5.65. The van der Waals surface area contributed by atoms with Gasteiger partial charge in [-0.3, -0.25) is 0 Å². The lowest BCUT2D eigenvalue weighted by atomic mass is 9.94. The second-order valence-electron chi connectivity index (χ2n) is 4.20. The third-order valence-corrected chi connectivity index (χ3v) is 4.56. The van der Waals surface area contributed by atoms with E-state index in [9.17, 15) is 5.26 Å². The number of benzene rings is 1. The van der Waals surface area contributed by atoms with Crippen LogP contribution in [0.3, 0.4) is 0 Å². The first kappa shape index (κ1) is 12.1. The molecule has 1 fully saturated rings. The summed E-state index contributed by atoms with van der Waals surface area (Å²) in [6.07, 6.45) is 0.890. The second kappa shape index (κ2) is 4.89. The van der Waals surface area contributed by atoms with Gasteiger partial charge in [-0.05, 0) is 43.4 Å². The summed E-state index contributed by atoms with van der Waals surface area (Å²) in [5.41, 5.74) is 0.543. The van der Waals surface area contributed by atoms with E-state index in [2.05, 4.69) is 18.3 Å². The molecular formula is C13H16N2OS. The van der Waals surface area contributed by atoms with E-state index in [1.165, 1.54) is 0 Å². The lowest BCUT2D eigenvalue weighted by Gasteiger charge is -2.27. The quantitative estimate of drug-likeness (QED) is 0.893. The van der Waals surface area contributed by atoms with Gasteiger partial charge in [-0.25, -0.2) is 0 Å². The molecule has 2 rings (SSSR count). The van der Waals surface area contributed by atoms with Crippen LogP contribution in [0.4, 0.5) is 5.69 Å². The maximum atomic E-state index is 9.40. The number of nitrogens with one attached hydrogen (secondary N) is 1. The van der Waals surface area contributed by atoms with Gasteiger partial charge in [0, 0.05) is 10.9 Å². The Bertz CT molecular complexity index is 426. The number of nitriles is 1. The number of rotatable bonds is 3. The fourth-order valence-corrected chi connectivity index (χ4v) is 3.32. The fourth-order valence-electron chi connectivity index (χ4n) is 2.01. The molecule has 0 aromatic heterocycles. The minimum atomic E-state index is -0.431. The summed E-state index contributed by atoms with van der Waals surface area (Å²) in [4.78, 5) is 0. The molecule has 1 heterocycles. The highest BCUT2D eigenvalue weighted by atomic mass is 32.2. The molecule has 0 aliphatic carbocycles. The summed E-state index contributed by atoms with van der Waals surface area (Å²) in [6.45, 7) is 2.11. The monoisotopic (exact) mass is 248 g/mol. The number of hydrogen-bond acceptors (Lipinski definition) is 4. The van der Waals surface area contributed by atoms with Crippen LogP contribution in [0.2, 0.25) is 0 Å². The van der Waals surface area contributed by atoms with Crippen LogP contribution in [0.25, 0.3) is 0 Å². The van der Waals surface area contributed by atoms with Crippen molar-refractivity contribution in [1.82, 2.24) is 0 Å². The summed E-state index contributed by atoms with van der Waals surface area (Å²) >= 11 is 1.85. The number of hydrogen-bond donors (Lipinski definition) is 1. The Morgan fingerprint density at radius 2 is 2.18 bits per heavy atom. The highest BCUT2D eigenvalue weighted by molar-refractivity contribution is 8.00. The van der Waals surface area contributed by atoms with Crippen molar-refractivity contribution in [2.45, 2.75) is 24.1 Å². The van der Waals surface area contributed by atoms with Gasteiger partial charge in [0.25, 0.3) is 0 Å². The molecule has 3 nitrogen and oxygen atoms in total. The van der Waals surface area contributed by atoms with Crippen molar-refractivity contribution < 1.29 is 4.74 Å². The van der Waals surface area contributed by atoms with Crippen molar-refractivity contribution in [3.63, 3.8) is 0 Å². The summed E-state index contributed by atoms with van der Waals surface area (Å²) in [5, 5.41) is 13.1. The maximum Gasteiger partial charge on any atom is 0.137 e. The van der Waals surface area contributed by atoms with Crippen molar-refractivity contribution >= 4 is 17.4 Å². The normalized spacial score (nSPS) is 27.5. The van der Waals surface area contributed by atoms with Crippen LogP contribution in [-0.2, 0) is 0 Å². The molecule has 1 aromatic rings. The first-order valence-electron chi connectivity index (χ1n) is 5.65. The predicted molar refractivity (Wildman–Crippen MR) is 71.5 cm³/mol. The lowest BCUT2D eigenvalue weighted by molar-refractivity contribution is 0.415. The van der Waals surface area contributed by atoms with Crippen molar-refractivity contribution in [2.24, 2.45) is 0 Å². The summed E-state index contributed by atoms with van der Waals surface area (Å²) in [5.74, 6) is 1.87. The van der Waals surface area contributed by atoms with Crippen LogP contribution in [0.15, 0.2) is 24.3 Å².